The summed E-state index contributed by atoms with van der Waals surface area (Å²) in [7, 11) is 0. The van der Waals surface area contributed by atoms with Gasteiger partial charge in [-0.1, -0.05) is 109 Å². The lowest BCUT2D eigenvalue weighted by Crippen LogP contribution is -1.97. The molecular formula is C45H27N3OS. The molecule has 0 spiro atoms. The molecule has 6 aromatic carbocycles. The molecule has 0 saturated carbocycles. The van der Waals surface area contributed by atoms with Crippen LogP contribution in [0.15, 0.2) is 168 Å². The Hall–Kier alpha value is -6.43. The number of fused-ring (bicyclic) bond motifs is 6. The van der Waals surface area contributed by atoms with Gasteiger partial charge in [0.1, 0.15) is 11.2 Å². The molecule has 0 unspecified atom stereocenters. The van der Waals surface area contributed by atoms with E-state index in [9.17, 15) is 0 Å². The monoisotopic (exact) mass is 657 g/mol. The number of benzene rings is 6. The summed E-state index contributed by atoms with van der Waals surface area (Å²) in [5.74, 6) is 0.647. The standard InChI is InChI=1S/C45H27N3OS/c1-2-11-29(12-3-1)38-27-39(31-14-5-4-13-30(31)28-23-25-46-26-24-28)48-45(47-38)37-22-21-33(43-42(37)36-16-6-8-19-40(36)49-43)35-18-10-17-34-32-15-7-9-20-41(32)50-44(34)35/h1-27H. The fourth-order valence-corrected chi connectivity index (χ4v) is 8.37. The highest BCUT2D eigenvalue weighted by molar-refractivity contribution is 7.26. The molecule has 0 amide bonds. The molecule has 0 bridgehead atoms. The first-order chi connectivity index (χ1) is 24.8. The van der Waals surface area contributed by atoms with E-state index in [-0.39, 0.29) is 0 Å². The van der Waals surface area contributed by atoms with Gasteiger partial charge in [0.15, 0.2) is 5.82 Å². The number of rotatable bonds is 5. The minimum absolute atomic E-state index is 0.647. The second-order valence-electron chi connectivity index (χ2n) is 12.4. The molecule has 0 N–H and O–H groups in total. The maximum atomic E-state index is 6.77. The van der Waals surface area contributed by atoms with Gasteiger partial charge >= 0.3 is 0 Å². The summed E-state index contributed by atoms with van der Waals surface area (Å²) in [6, 6.07) is 52.7. The van der Waals surface area contributed by atoms with Crippen molar-refractivity contribution in [3.63, 3.8) is 0 Å². The number of thiophene rings is 1. The molecule has 0 saturated heterocycles. The highest BCUT2D eigenvalue weighted by Gasteiger charge is 2.22. The van der Waals surface area contributed by atoms with E-state index in [0.29, 0.717) is 5.82 Å². The lowest BCUT2D eigenvalue weighted by molar-refractivity contribution is 0.670. The summed E-state index contributed by atoms with van der Waals surface area (Å²) in [5.41, 5.74) is 10.7. The van der Waals surface area contributed by atoms with Crippen LogP contribution >= 0.6 is 11.3 Å². The van der Waals surface area contributed by atoms with Crippen molar-refractivity contribution < 1.29 is 4.42 Å². The summed E-state index contributed by atoms with van der Waals surface area (Å²) < 4.78 is 9.30. The van der Waals surface area contributed by atoms with Gasteiger partial charge in [-0.2, -0.15) is 0 Å². The highest BCUT2D eigenvalue weighted by atomic mass is 32.1. The van der Waals surface area contributed by atoms with Crippen LogP contribution < -0.4 is 0 Å². The minimum atomic E-state index is 0.647. The van der Waals surface area contributed by atoms with Gasteiger partial charge in [-0.3, -0.25) is 4.98 Å². The molecule has 10 rings (SSSR count). The quantitative estimate of drug-likeness (QED) is 0.185. The largest absolute Gasteiger partial charge is 0.455 e. The third kappa shape index (κ3) is 4.63. The number of nitrogens with zero attached hydrogens (tertiary/aromatic N) is 3. The lowest BCUT2D eigenvalue weighted by Gasteiger charge is -2.14. The average molecular weight is 658 g/mol. The van der Waals surface area contributed by atoms with Crippen LogP contribution in [0.4, 0.5) is 0 Å². The van der Waals surface area contributed by atoms with Crippen molar-refractivity contribution in [2.24, 2.45) is 0 Å². The van der Waals surface area contributed by atoms with Crippen molar-refractivity contribution in [2.75, 3.05) is 0 Å². The van der Waals surface area contributed by atoms with E-state index in [0.717, 1.165) is 72.3 Å². The molecule has 4 aromatic heterocycles. The first kappa shape index (κ1) is 28.6. The van der Waals surface area contributed by atoms with Crippen molar-refractivity contribution in [3.05, 3.63) is 164 Å². The van der Waals surface area contributed by atoms with Crippen LogP contribution in [0.1, 0.15) is 0 Å². The molecular weight excluding hydrogens is 631 g/mol. The summed E-state index contributed by atoms with van der Waals surface area (Å²) in [5, 5.41) is 4.58. The van der Waals surface area contributed by atoms with Gasteiger partial charge in [0, 0.05) is 71.2 Å². The molecule has 0 atom stereocenters. The number of pyridine rings is 1. The van der Waals surface area contributed by atoms with Crippen LogP contribution in [0.2, 0.25) is 0 Å². The normalized spacial score (nSPS) is 11.6. The van der Waals surface area contributed by atoms with E-state index >= 15 is 0 Å². The lowest BCUT2D eigenvalue weighted by atomic mass is 9.95. The number of aromatic nitrogens is 3. The Labute approximate surface area is 292 Å². The van der Waals surface area contributed by atoms with Crippen LogP contribution in [0.5, 0.6) is 0 Å². The smallest absolute Gasteiger partial charge is 0.161 e. The SMILES string of the molecule is c1ccc(-c2cc(-c3ccccc3-c3ccncc3)nc(-c3ccc(-c4cccc5c4sc4ccccc45)c4oc5ccccc5c34)n2)cc1. The Balaban J connectivity index is 1.25. The summed E-state index contributed by atoms with van der Waals surface area (Å²) in [6.07, 6.45) is 3.66. The van der Waals surface area contributed by atoms with Crippen LogP contribution in [-0.2, 0) is 0 Å². The topological polar surface area (TPSA) is 51.8 Å². The summed E-state index contributed by atoms with van der Waals surface area (Å²) in [4.78, 5) is 14.8. The van der Waals surface area contributed by atoms with Crippen molar-refractivity contribution in [2.45, 2.75) is 0 Å². The minimum Gasteiger partial charge on any atom is -0.455 e. The summed E-state index contributed by atoms with van der Waals surface area (Å²) in [6.45, 7) is 0. The van der Waals surface area contributed by atoms with Crippen molar-refractivity contribution in [3.8, 4) is 56.2 Å². The van der Waals surface area contributed by atoms with Gasteiger partial charge in [-0.15, -0.1) is 11.3 Å². The van der Waals surface area contributed by atoms with Crippen molar-refractivity contribution >= 4 is 53.4 Å². The highest BCUT2D eigenvalue weighted by Crippen LogP contribution is 2.46. The number of hydrogen-bond acceptors (Lipinski definition) is 5. The number of hydrogen-bond donors (Lipinski definition) is 0. The van der Waals surface area contributed by atoms with Crippen molar-refractivity contribution in [1.82, 2.24) is 15.0 Å². The van der Waals surface area contributed by atoms with Crippen LogP contribution in [-0.4, -0.2) is 15.0 Å². The molecule has 0 aliphatic carbocycles. The molecule has 4 heterocycles. The molecule has 50 heavy (non-hydrogen) atoms. The third-order valence-electron chi connectivity index (χ3n) is 9.45. The second kappa shape index (κ2) is 11.6. The maximum absolute atomic E-state index is 6.77. The maximum Gasteiger partial charge on any atom is 0.161 e. The third-order valence-corrected chi connectivity index (χ3v) is 10.7. The molecule has 0 aliphatic heterocycles. The van der Waals surface area contributed by atoms with Gasteiger partial charge in [0.2, 0.25) is 0 Å². The molecule has 5 heteroatoms. The number of furan rings is 1. The fraction of sp³-hybridized carbons (Fsp3) is 0. The van der Waals surface area contributed by atoms with Gasteiger partial charge in [-0.25, -0.2) is 9.97 Å². The molecule has 0 fully saturated rings. The summed E-state index contributed by atoms with van der Waals surface area (Å²) >= 11 is 1.83. The fourth-order valence-electron chi connectivity index (χ4n) is 7.14. The Bertz CT molecular complexity index is 2870. The van der Waals surface area contributed by atoms with Crippen LogP contribution in [0.3, 0.4) is 0 Å². The van der Waals surface area contributed by atoms with E-state index in [1.54, 1.807) is 0 Å². The van der Waals surface area contributed by atoms with Crippen LogP contribution in [0.25, 0.3) is 98.3 Å². The number of para-hydroxylation sites is 1. The van der Waals surface area contributed by atoms with Gasteiger partial charge in [0.05, 0.1) is 11.4 Å². The van der Waals surface area contributed by atoms with E-state index in [2.05, 4.69) is 114 Å². The zero-order valence-corrected chi connectivity index (χ0v) is 27.6. The molecule has 0 radical (unpaired) electrons. The van der Waals surface area contributed by atoms with Crippen LogP contribution in [0, 0.1) is 0 Å². The molecule has 10 aromatic rings. The van der Waals surface area contributed by atoms with Gasteiger partial charge < -0.3 is 4.42 Å². The molecule has 4 nitrogen and oxygen atoms in total. The Kier molecular flexibility index (Phi) is 6.64. The predicted molar refractivity (Wildman–Crippen MR) is 207 cm³/mol. The Morgan fingerprint density at radius 2 is 1.14 bits per heavy atom. The first-order valence-corrected chi connectivity index (χ1v) is 17.4. The average Bonchev–Trinajstić information content (AvgIpc) is 3.77. The predicted octanol–water partition coefficient (Wildman–Crippen LogP) is 12.5. The second-order valence-corrected chi connectivity index (χ2v) is 13.4. The zero-order chi connectivity index (χ0) is 33.0. The van der Waals surface area contributed by atoms with E-state index in [1.807, 2.05) is 66.2 Å². The molecule has 234 valence electrons. The van der Waals surface area contributed by atoms with Gasteiger partial charge in [0.25, 0.3) is 0 Å². The van der Waals surface area contributed by atoms with E-state index < -0.39 is 0 Å². The van der Waals surface area contributed by atoms with E-state index in [4.69, 9.17) is 14.4 Å². The van der Waals surface area contributed by atoms with Gasteiger partial charge in [-0.05, 0) is 53.6 Å². The Morgan fingerprint density at radius 1 is 0.460 bits per heavy atom. The molecule has 0 aliphatic rings. The Morgan fingerprint density at radius 3 is 2.02 bits per heavy atom. The zero-order valence-electron chi connectivity index (χ0n) is 26.7. The first-order valence-electron chi connectivity index (χ1n) is 16.6. The van der Waals surface area contributed by atoms with E-state index in [1.165, 1.54) is 20.2 Å². The van der Waals surface area contributed by atoms with Crippen molar-refractivity contribution in [1.29, 1.82) is 0 Å².